The van der Waals surface area contributed by atoms with Crippen LogP contribution in [0.4, 0.5) is 0 Å². The predicted octanol–water partition coefficient (Wildman–Crippen LogP) is 0.353. The predicted molar refractivity (Wildman–Crippen MR) is 118 cm³/mol. The molecule has 0 amide bonds. The van der Waals surface area contributed by atoms with Gasteiger partial charge in [-0.3, -0.25) is 0 Å². The van der Waals surface area contributed by atoms with E-state index in [2.05, 4.69) is 0 Å². The Bertz CT molecular complexity index is 996. The number of hydrogen-bond acceptors (Lipinski definition) is 10. The molecule has 0 spiro atoms. The van der Waals surface area contributed by atoms with E-state index in [0.717, 1.165) is 5.56 Å². The summed E-state index contributed by atoms with van der Waals surface area (Å²) in [5.74, 6) is 0.388. The normalized spacial score (nSPS) is 28.3. The van der Waals surface area contributed by atoms with Crippen molar-refractivity contribution in [3.8, 4) is 23.0 Å². The number of aryl methyl sites for hydroxylation is 1. The molecule has 0 saturated carbocycles. The number of phenolic OH excluding ortho intramolecular Hbond substituents is 1. The van der Waals surface area contributed by atoms with E-state index in [9.17, 15) is 25.5 Å². The minimum absolute atomic E-state index is 0.0255. The lowest BCUT2D eigenvalue weighted by Gasteiger charge is -2.35. The Hall–Kier alpha value is -2.60. The highest BCUT2D eigenvalue weighted by atomic mass is 16.7. The summed E-state index contributed by atoms with van der Waals surface area (Å²) < 4.78 is 22.5. The van der Waals surface area contributed by atoms with Crippen LogP contribution >= 0.6 is 0 Å². The average molecular weight is 478 g/mol. The van der Waals surface area contributed by atoms with Crippen molar-refractivity contribution in [2.45, 2.75) is 49.5 Å². The minimum Gasteiger partial charge on any atom is -0.504 e. The number of methoxy groups -OCH3 is 1. The summed E-state index contributed by atoms with van der Waals surface area (Å²) in [7, 11) is 1.44. The van der Waals surface area contributed by atoms with Crippen LogP contribution in [0.2, 0.25) is 0 Å². The molecule has 10 heteroatoms. The summed E-state index contributed by atoms with van der Waals surface area (Å²) in [5.41, 5.74) is 2.19. The van der Waals surface area contributed by atoms with Crippen molar-refractivity contribution in [3.63, 3.8) is 0 Å². The van der Waals surface area contributed by atoms with Crippen LogP contribution in [-0.4, -0.2) is 82.2 Å². The maximum Gasteiger partial charge on any atom is 0.229 e. The molecule has 0 aliphatic carbocycles. The van der Waals surface area contributed by atoms with E-state index in [-0.39, 0.29) is 31.3 Å². The largest absolute Gasteiger partial charge is 0.504 e. The van der Waals surface area contributed by atoms with Crippen LogP contribution in [0.5, 0.6) is 23.0 Å². The number of rotatable bonds is 8. The molecule has 1 saturated heterocycles. The fraction of sp³-hybridized carbons (Fsp3) is 0.500. The lowest BCUT2D eigenvalue weighted by atomic mass is 9.90. The van der Waals surface area contributed by atoms with Gasteiger partial charge in [0, 0.05) is 12.2 Å². The quantitative estimate of drug-likeness (QED) is 0.313. The number of hydrogen-bond donors (Lipinski definition) is 6. The Morgan fingerprint density at radius 2 is 1.82 bits per heavy atom. The summed E-state index contributed by atoms with van der Waals surface area (Å²) in [6.07, 6.45) is -4.74. The van der Waals surface area contributed by atoms with Crippen molar-refractivity contribution >= 4 is 0 Å². The van der Waals surface area contributed by atoms with Gasteiger partial charge in [-0.15, -0.1) is 0 Å². The molecule has 0 unspecified atom stereocenters. The topological polar surface area (TPSA) is 158 Å². The molecule has 10 nitrogen and oxygen atoms in total. The van der Waals surface area contributed by atoms with Gasteiger partial charge in [-0.25, -0.2) is 0 Å². The van der Waals surface area contributed by atoms with Crippen LogP contribution < -0.4 is 14.2 Å². The Labute approximate surface area is 196 Å². The molecule has 0 radical (unpaired) electrons. The average Bonchev–Trinajstić information content (AvgIpc) is 3.22. The van der Waals surface area contributed by atoms with Crippen LogP contribution in [0, 0.1) is 0 Å². The van der Waals surface area contributed by atoms with Gasteiger partial charge < -0.3 is 49.6 Å². The third-order valence-electron chi connectivity index (χ3n) is 6.20. The molecule has 34 heavy (non-hydrogen) atoms. The van der Waals surface area contributed by atoms with Gasteiger partial charge in [-0.2, -0.15) is 0 Å². The number of aliphatic hydroxyl groups excluding tert-OH is 5. The molecule has 2 heterocycles. The number of fused-ring (bicyclic) bond motifs is 1. The Balaban J connectivity index is 1.57. The maximum absolute atomic E-state index is 10.5. The zero-order valence-electron chi connectivity index (χ0n) is 18.7. The first-order chi connectivity index (χ1) is 16.4. The minimum atomic E-state index is -1.46. The second kappa shape index (κ2) is 10.3. The summed E-state index contributed by atoms with van der Waals surface area (Å²) in [5, 5.41) is 59.4. The molecule has 2 aromatic rings. The monoisotopic (exact) mass is 478 g/mol. The third kappa shape index (κ3) is 4.65. The van der Waals surface area contributed by atoms with Crippen LogP contribution in [0.15, 0.2) is 30.3 Å². The van der Waals surface area contributed by atoms with E-state index in [0.29, 0.717) is 35.5 Å². The van der Waals surface area contributed by atoms with E-state index in [1.54, 1.807) is 24.3 Å². The molecule has 4 rings (SSSR count). The van der Waals surface area contributed by atoms with Crippen molar-refractivity contribution in [2.75, 3.05) is 26.9 Å². The van der Waals surface area contributed by atoms with Gasteiger partial charge in [0.05, 0.1) is 26.2 Å². The molecule has 0 aromatic heterocycles. The van der Waals surface area contributed by atoms with Gasteiger partial charge >= 0.3 is 0 Å². The van der Waals surface area contributed by atoms with Gasteiger partial charge in [0.2, 0.25) is 6.29 Å². The van der Waals surface area contributed by atoms with E-state index >= 15 is 0 Å². The molecular weight excluding hydrogens is 448 g/mol. The highest BCUT2D eigenvalue weighted by Crippen LogP contribution is 2.51. The second-order valence-electron chi connectivity index (χ2n) is 8.47. The Morgan fingerprint density at radius 3 is 2.53 bits per heavy atom. The number of aliphatic hydroxyl groups is 5. The molecule has 6 N–H and O–H groups in total. The Morgan fingerprint density at radius 1 is 1.03 bits per heavy atom. The zero-order valence-corrected chi connectivity index (χ0v) is 18.7. The number of phenols is 1. The van der Waals surface area contributed by atoms with Gasteiger partial charge in [-0.1, -0.05) is 12.1 Å². The number of benzene rings is 2. The summed E-state index contributed by atoms with van der Waals surface area (Å²) in [6.45, 7) is -0.375. The molecule has 2 aliphatic heterocycles. The summed E-state index contributed by atoms with van der Waals surface area (Å²) >= 11 is 0. The standard InChI is InChI=1S/C24H30O10/c1-31-19-9-13(4-5-18(19)33-24-21(30)20(29)17(28)11-32-24)22-15(10-26)14-7-12(3-2-6-25)8-16(27)23(14)34-22/h4-5,7-9,15,17,20-22,24-30H,2-3,6,10-11H2,1H3/t15-,17+,20-,21+,22-,24+/m0/s1. The Kier molecular flexibility index (Phi) is 7.46. The van der Waals surface area contributed by atoms with E-state index in [1.807, 2.05) is 6.07 Å². The highest BCUT2D eigenvalue weighted by molar-refractivity contribution is 5.55. The zero-order chi connectivity index (χ0) is 24.4. The van der Waals surface area contributed by atoms with Crippen molar-refractivity contribution in [2.24, 2.45) is 0 Å². The van der Waals surface area contributed by atoms with Crippen molar-refractivity contribution in [3.05, 3.63) is 47.0 Å². The van der Waals surface area contributed by atoms with E-state index in [4.69, 9.17) is 24.1 Å². The van der Waals surface area contributed by atoms with Crippen LogP contribution in [0.25, 0.3) is 0 Å². The van der Waals surface area contributed by atoms with E-state index in [1.165, 1.54) is 7.11 Å². The lowest BCUT2D eigenvalue weighted by molar-refractivity contribution is -0.242. The van der Waals surface area contributed by atoms with Gasteiger partial charge in [0.15, 0.2) is 23.0 Å². The second-order valence-corrected chi connectivity index (χ2v) is 8.47. The fourth-order valence-electron chi connectivity index (χ4n) is 4.36. The lowest BCUT2D eigenvalue weighted by Crippen LogP contribution is -2.54. The molecule has 0 bridgehead atoms. The molecule has 186 valence electrons. The highest BCUT2D eigenvalue weighted by Gasteiger charge is 2.40. The van der Waals surface area contributed by atoms with Crippen molar-refractivity contribution in [1.82, 2.24) is 0 Å². The van der Waals surface area contributed by atoms with Crippen LogP contribution in [-0.2, 0) is 11.2 Å². The summed E-state index contributed by atoms with van der Waals surface area (Å²) in [6, 6.07) is 8.44. The van der Waals surface area contributed by atoms with E-state index < -0.39 is 36.6 Å². The number of aromatic hydroxyl groups is 1. The first-order valence-electron chi connectivity index (χ1n) is 11.1. The smallest absolute Gasteiger partial charge is 0.229 e. The van der Waals surface area contributed by atoms with Crippen molar-refractivity contribution < 1.29 is 49.6 Å². The SMILES string of the molecule is COc1cc([C@@H]2Oc3c(O)cc(CCCO)cc3[C@@H]2CO)ccc1O[C@H]1OC[C@@H](O)[C@H](O)[C@H]1O. The maximum atomic E-state index is 10.5. The first-order valence-corrected chi connectivity index (χ1v) is 11.1. The van der Waals surface area contributed by atoms with Gasteiger partial charge in [-0.05, 0) is 42.2 Å². The van der Waals surface area contributed by atoms with Crippen molar-refractivity contribution in [1.29, 1.82) is 0 Å². The molecule has 2 aliphatic rings. The molecule has 1 fully saturated rings. The molecule has 6 atom stereocenters. The fourth-order valence-corrected chi connectivity index (χ4v) is 4.36. The van der Waals surface area contributed by atoms with Gasteiger partial charge in [0.1, 0.15) is 24.4 Å². The van der Waals surface area contributed by atoms with Gasteiger partial charge in [0.25, 0.3) is 0 Å². The third-order valence-corrected chi connectivity index (χ3v) is 6.20. The number of ether oxygens (including phenoxy) is 4. The molecule has 2 aromatic carbocycles. The summed E-state index contributed by atoms with van der Waals surface area (Å²) in [4.78, 5) is 0. The molecular formula is C24H30O10. The first kappa shape index (κ1) is 24.5. The van der Waals surface area contributed by atoms with Crippen LogP contribution in [0.1, 0.15) is 35.1 Å². The van der Waals surface area contributed by atoms with Crippen LogP contribution in [0.3, 0.4) is 0 Å².